The van der Waals surface area contributed by atoms with E-state index in [1.165, 1.54) is 19.4 Å². The first-order valence-electron chi connectivity index (χ1n) is 14.8. The fraction of sp³-hybridized carbons (Fsp3) is 0.545. The van der Waals surface area contributed by atoms with Gasteiger partial charge in [-0.25, -0.2) is 4.79 Å². The molecule has 9 heteroatoms. The zero-order chi connectivity index (χ0) is 30.7. The summed E-state index contributed by atoms with van der Waals surface area (Å²) < 4.78 is 13.1. The molecule has 0 bridgehead atoms. The summed E-state index contributed by atoms with van der Waals surface area (Å²) in [5.41, 5.74) is 2.75. The molecule has 1 saturated heterocycles. The van der Waals surface area contributed by atoms with Crippen molar-refractivity contribution in [2.24, 2.45) is 5.41 Å². The molecule has 0 spiro atoms. The Labute approximate surface area is 249 Å². The molecule has 1 atom stereocenters. The molecule has 9 nitrogen and oxygen atoms in total. The maximum atomic E-state index is 13.6. The van der Waals surface area contributed by atoms with Gasteiger partial charge in [0.25, 0.3) is 5.91 Å². The Morgan fingerprint density at radius 3 is 2.36 bits per heavy atom. The molecule has 1 unspecified atom stereocenters. The number of aromatic nitrogens is 2. The molecule has 2 aromatic rings. The van der Waals surface area contributed by atoms with Gasteiger partial charge in [-0.2, -0.15) is 5.10 Å². The smallest absolute Gasteiger partial charge is 0.347 e. The van der Waals surface area contributed by atoms with Crippen molar-refractivity contribution in [1.29, 1.82) is 0 Å². The summed E-state index contributed by atoms with van der Waals surface area (Å²) in [6, 6.07) is 10.3. The molecule has 1 aliphatic heterocycles. The third kappa shape index (κ3) is 7.69. The van der Waals surface area contributed by atoms with E-state index in [0.717, 1.165) is 49.7 Å². The van der Waals surface area contributed by atoms with Crippen LogP contribution in [0, 0.1) is 5.41 Å². The zero-order valence-electron chi connectivity index (χ0n) is 26.1. The van der Waals surface area contributed by atoms with Crippen LogP contribution in [0.25, 0.3) is 11.3 Å². The molecule has 1 aromatic carbocycles. The largest absolute Gasteiger partial charge is 0.478 e. The number of benzene rings is 1. The van der Waals surface area contributed by atoms with E-state index in [4.69, 9.17) is 14.6 Å². The number of allylic oxidation sites excluding steroid dienone is 2. The molecule has 1 fully saturated rings. The number of carboxylic acid groups (broad SMARTS) is 1. The van der Waals surface area contributed by atoms with Crippen molar-refractivity contribution in [3.8, 4) is 11.3 Å². The lowest BCUT2D eigenvalue weighted by Crippen LogP contribution is -2.39. The summed E-state index contributed by atoms with van der Waals surface area (Å²) in [6.45, 7) is 18.6. The van der Waals surface area contributed by atoms with Gasteiger partial charge in [-0.15, -0.1) is 0 Å². The minimum absolute atomic E-state index is 0.0532. The first-order chi connectivity index (χ1) is 19.7. The second-order valence-corrected chi connectivity index (χ2v) is 13.3. The van der Waals surface area contributed by atoms with Crippen molar-refractivity contribution in [3.63, 3.8) is 0 Å². The second kappa shape index (κ2) is 12.4. The summed E-state index contributed by atoms with van der Waals surface area (Å²) in [7, 11) is 0. The molecule has 0 saturated carbocycles. The molecular formula is C33H46N4O5. The van der Waals surface area contributed by atoms with Gasteiger partial charge in [0.2, 0.25) is 0 Å². The van der Waals surface area contributed by atoms with E-state index < -0.39 is 11.6 Å². The average molecular weight is 579 g/mol. The van der Waals surface area contributed by atoms with Crippen molar-refractivity contribution in [2.75, 3.05) is 39.4 Å². The summed E-state index contributed by atoms with van der Waals surface area (Å²) in [5.74, 6) is -0.631. The lowest BCUT2D eigenvalue weighted by Gasteiger charge is -2.32. The van der Waals surface area contributed by atoms with Crippen LogP contribution in [0.15, 0.2) is 53.8 Å². The number of nitrogens with zero attached hydrogens (tertiary/aromatic N) is 3. The van der Waals surface area contributed by atoms with E-state index in [-0.39, 0.29) is 16.7 Å². The third-order valence-electron chi connectivity index (χ3n) is 8.03. The van der Waals surface area contributed by atoms with Crippen molar-refractivity contribution in [1.82, 2.24) is 20.0 Å². The molecule has 1 amide bonds. The minimum atomic E-state index is -1.33. The third-order valence-corrected chi connectivity index (χ3v) is 8.03. The molecule has 4 rings (SSSR count). The molecule has 2 N–H and O–H groups in total. The fourth-order valence-corrected chi connectivity index (χ4v) is 5.19. The second-order valence-electron chi connectivity index (χ2n) is 13.3. The Bertz CT molecular complexity index is 1340. The standard InChI is InChI=1S/C33H46N4O5/c1-23-21-33(7,13-12-28(23)42-32(5,6)30(39)40)22-34-29(38)27-20-26(24-8-10-25(11-9-24)31(2,3)4)35-37(27)15-14-36-16-18-41-19-17-36/h8-12,20-21H,13-19,22H2,1-7H3,(H,34,38)(H,39,40). The number of amides is 1. The predicted molar refractivity (Wildman–Crippen MR) is 163 cm³/mol. The summed E-state index contributed by atoms with van der Waals surface area (Å²) in [6.07, 6.45) is 4.58. The first-order valence-corrected chi connectivity index (χ1v) is 14.8. The Kier molecular flexibility index (Phi) is 9.33. The number of nitrogens with one attached hydrogen (secondary N) is 1. The summed E-state index contributed by atoms with van der Waals surface area (Å²) >= 11 is 0. The van der Waals surface area contributed by atoms with E-state index in [2.05, 4.69) is 68.3 Å². The molecule has 1 aromatic heterocycles. The quantitative estimate of drug-likeness (QED) is 0.407. The molecule has 42 heavy (non-hydrogen) atoms. The van der Waals surface area contributed by atoms with Crippen LogP contribution in [0.5, 0.6) is 0 Å². The van der Waals surface area contributed by atoms with Gasteiger partial charge in [0, 0.05) is 37.2 Å². The predicted octanol–water partition coefficient (Wildman–Crippen LogP) is 5.03. The number of morpholine rings is 1. The van der Waals surface area contributed by atoms with Crippen LogP contribution in [-0.4, -0.2) is 76.7 Å². The Hall–Kier alpha value is -3.43. The van der Waals surface area contributed by atoms with E-state index in [0.29, 0.717) is 31.0 Å². The minimum Gasteiger partial charge on any atom is -0.478 e. The number of hydrogen-bond acceptors (Lipinski definition) is 6. The van der Waals surface area contributed by atoms with E-state index >= 15 is 0 Å². The van der Waals surface area contributed by atoms with Gasteiger partial charge >= 0.3 is 5.97 Å². The highest BCUT2D eigenvalue weighted by Crippen LogP contribution is 2.35. The van der Waals surface area contributed by atoms with Gasteiger partial charge in [-0.1, -0.05) is 58.0 Å². The highest BCUT2D eigenvalue weighted by atomic mass is 16.5. The monoisotopic (exact) mass is 578 g/mol. The number of hydrogen-bond donors (Lipinski definition) is 2. The van der Waals surface area contributed by atoms with Crippen LogP contribution in [0.3, 0.4) is 0 Å². The van der Waals surface area contributed by atoms with Crippen molar-refractivity contribution < 1.29 is 24.2 Å². The number of carbonyl (C=O) groups excluding carboxylic acids is 1. The van der Waals surface area contributed by atoms with Gasteiger partial charge < -0.3 is 19.9 Å². The van der Waals surface area contributed by atoms with Gasteiger partial charge in [-0.05, 0) is 55.9 Å². The molecule has 0 radical (unpaired) electrons. The number of rotatable bonds is 10. The average Bonchev–Trinajstić information content (AvgIpc) is 3.37. The molecule has 2 aliphatic rings. The maximum absolute atomic E-state index is 13.6. The molecule has 2 heterocycles. The van der Waals surface area contributed by atoms with Gasteiger partial charge in [0.1, 0.15) is 11.5 Å². The normalized spacial score (nSPS) is 20.1. The highest BCUT2D eigenvalue weighted by molar-refractivity contribution is 5.93. The topological polar surface area (TPSA) is 106 Å². The van der Waals surface area contributed by atoms with Crippen molar-refractivity contribution in [3.05, 3.63) is 65.1 Å². The number of aliphatic carboxylic acids is 1. The Balaban J connectivity index is 1.50. The maximum Gasteiger partial charge on any atom is 0.347 e. The van der Waals surface area contributed by atoms with Crippen LogP contribution >= 0.6 is 0 Å². The van der Waals surface area contributed by atoms with Gasteiger partial charge in [0.05, 0.1) is 25.5 Å². The summed E-state index contributed by atoms with van der Waals surface area (Å²) in [5, 5.41) is 17.4. The van der Waals surface area contributed by atoms with Crippen LogP contribution in [0.1, 0.15) is 70.9 Å². The van der Waals surface area contributed by atoms with Crippen molar-refractivity contribution >= 4 is 11.9 Å². The zero-order valence-corrected chi connectivity index (χ0v) is 26.1. The Morgan fingerprint density at radius 2 is 1.76 bits per heavy atom. The number of ether oxygens (including phenoxy) is 2. The van der Waals surface area contributed by atoms with Crippen LogP contribution in [0.2, 0.25) is 0 Å². The number of carbonyl (C=O) groups is 2. The Morgan fingerprint density at radius 1 is 1.10 bits per heavy atom. The fourth-order valence-electron chi connectivity index (χ4n) is 5.19. The van der Waals surface area contributed by atoms with Gasteiger partial charge in [0.15, 0.2) is 5.60 Å². The van der Waals surface area contributed by atoms with E-state index in [1.54, 1.807) is 0 Å². The first kappa shape index (κ1) is 31.5. The number of carboxylic acids is 1. The van der Waals surface area contributed by atoms with Crippen LogP contribution in [0.4, 0.5) is 0 Å². The highest BCUT2D eigenvalue weighted by Gasteiger charge is 2.33. The SMILES string of the molecule is CC1=CC(C)(CNC(=O)c2cc(-c3ccc(C(C)(C)C)cc3)nn2CCN2CCOCC2)CC=C1OC(C)(C)C(=O)O. The molecular weight excluding hydrogens is 532 g/mol. The van der Waals surface area contributed by atoms with Crippen molar-refractivity contribution in [2.45, 2.75) is 72.4 Å². The van der Waals surface area contributed by atoms with E-state index in [9.17, 15) is 14.7 Å². The molecule has 228 valence electrons. The lowest BCUT2D eigenvalue weighted by atomic mass is 9.81. The van der Waals surface area contributed by atoms with Gasteiger partial charge in [-0.3, -0.25) is 14.4 Å². The van der Waals surface area contributed by atoms with E-state index in [1.807, 2.05) is 23.7 Å². The van der Waals surface area contributed by atoms with Crippen LogP contribution in [-0.2, 0) is 26.2 Å². The molecule has 1 aliphatic carbocycles. The summed E-state index contributed by atoms with van der Waals surface area (Å²) in [4.78, 5) is 27.5. The lowest BCUT2D eigenvalue weighted by molar-refractivity contribution is -0.156. The van der Waals surface area contributed by atoms with Crippen LogP contribution < -0.4 is 5.32 Å².